The summed E-state index contributed by atoms with van der Waals surface area (Å²) in [6, 6.07) is 7.94. The maximum absolute atomic E-state index is 6.15. The maximum Gasteiger partial charge on any atom is 0.129 e. The van der Waals surface area contributed by atoms with E-state index in [1.165, 1.54) is 5.57 Å². The summed E-state index contributed by atoms with van der Waals surface area (Å²) in [6.45, 7) is 2.98. The third kappa shape index (κ3) is 3.70. The molecule has 0 radical (unpaired) electrons. The van der Waals surface area contributed by atoms with Crippen LogP contribution in [0.5, 0.6) is 0 Å². The van der Waals surface area contributed by atoms with Gasteiger partial charge in [0.15, 0.2) is 0 Å². The van der Waals surface area contributed by atoms with E-state index in [-0.39, 0.29) is 0 Å². The van der Waals surface area contributed by atoms with E-state index in [4.69, 9.17) is 16.3 Å². The van der Waals surface area contributed by atoms with Crippen molar-refractivity contribution in [1.82, 2.24) is 15.3 Å². The Labute approximate surface area is 154 Å². The lowest BCUT2D eigenvalue weighted by Gasteiger charge is -2.44. The monoisotopic (exact) mass is 357 g/mol. The molecular formula is C20H24ClN3O. The minimum atomic E-state index is -0.466. The number of rotatable bonds is 5. The van der Waals surface area contributed by atoms with E-state index in [9.17, 15) is 0 Å². The first-order chi connectivity index (χ1) is 12.2. The summed E-state index contributed by atoms with van der Waals surface area (Å²) in [5, 5.41) is 3.93. The molecule has 4 nitrogen and oxygen atoms in total. The molecule has 0 aliphatic heterocycles. The lowest BCUT2D eigenvalue weighted by Crippen LogP contribution is -2.41. The molecule has 0 amide bonds. The van der Waals surface area contributed by atoms with Crippen molar-refractivity contribution in [3.05, 3.63) is 70.9 Å². The highest BCUT2D eigenvalue weighted by molar-refractivity contribution is 6.29. The third-order valence-corrected chi connectivity index (χ3v) is 5.24. The molecule has 1 aliphatic carbocycles. The van der Waals surface area contributed by atoms with Gasteiger partial charge in [0.25, 0.3) is 0 Å². The number of hydrogen-bond acceptors (Lipinski definition) is 4. The van der Waals surface area contributed by atoms with Crippen molar-refractivity contribution in [3.63, 3.8) is 0 Å². The molecule has 1 fully saturated rings. The number of pyridine rings is 2. The van der Waals surface area contributed by atoms with Gasteiger partial charge in [-0.3, -0.25) is 4.98 Å². The highest BCUT2D eigenvalue weighted by Gasteiger charge is 2.44. The van der Waals surface area contributed by atoms with Crippen LogP contribution in [0.4, 0.5) is 0 Å². The van der Waals surface area contributed by atoms with Gasteiger partial charge in [-0.05, 0) is 66.3 Å². The number of halogens is 1. The van der Waals surface area contributed by atoms with E-state index in [0.29, 0.717) is 11.1 Å². The Kier molecular flexibility index (Phi) is 5.71. The molecule has 3 rings (SSSR count). The molecule has 25 heavy (non-hydrogen) atoms. The van der Waals surface area contributed by atoms with Gasteiger partial charge >= 0.3 is 0 Å². The van der Waals surface area contributed by atoms with Crippen molar-refractivity contribution >= 4 is 11.6 Å². The van der Waals surface area contributed by atoms with Crippen molar-refractivity contribution < 1.29 is 4.74 Å². The topological polar surface area (TPSA) is 47.0 Å². The molecule has 2 aromatic heterocycles. The third-order valence-electron chi connectivity index (χ3n) is 5.04. The molecule has 0 bridgehead atoms. The lowest BCUT2D eigenvalue weighted by molar-refractivity contribution is -0.0434. The number of nitrogens with one attached hydrogen (secondary N) is 1. The Morgan fingerprint density at radius 3 is 3.00 bits per heavy atom. The summed E-state index contributed by atoms with van der Waals surface area (Å²) >= 11 is 6.15. The van der Waals surface area contributed by atoms with Crippen LogP contribution in [-0.2, 0) is 16.9 Å². The van der Waals surface area contributed by atoms with Gasteiger partial charge in [-0.25, -0.2) is 4.98 Å². The fourth-order valence-electron chi connectivity index (χ4n) is 3.83. The molecule has 132 valence electrons. The molecule has 0 spiro atoms. The van der Waals surface area contributed by atoms with E-state index < -0.39 is 5.60 Å². The fourth-order valence-corrected chi connectivity index (χ4v) is 4.01. The van der Waals surface area contributed by atoms with Crippen LogP contribution >= 0.6 is 11.6 Å². The van der Waals surface area contributed by atoms with Crippen LogP contribution in [0, 0.1) is 5.92 Å². The summed E-state index contributed by atoms with van der Waals surface area (Å²) in [6.07, 6.45) is 10.8. The van der Waals surface area contributed by atoms with Crippen LogP contribution in [0.1, 0.15) is 37.3 Å². The molecule has 1 saturated carbocycles. The molecular weight excluding hydrogens is 334 g/mol. The van der Waals surface area contributed by atoms with E-state index in [1.807, 2.05) is 24.4 Å². The van der Waals surface area contributed by atoms with Crippen molar-refractivity contribution in [2.45, 2.75) is 38.3 Å². The summed E-state index contributed by atoms with van der Waals surface area (Å²) in [7, 11) is 1.78. The van der Waals surface area contributed by atoms with E-state index in [2.05, 4.69) is 34.5 Å². The first-order valence-electron chi connectivity index (χ1n) is 8.66. The number of methoxy groups -OCH3 is 1. The molecule has 2 heterocycles. The molecule has 2 atom stereocenters. The predicted octanol–water partition coefficient (Wildman–Crippen LogP) is 4.47. The van der Waals surface area contributed by atoms with Crippen LogP contribution in [0.2, 0.25) is 5.15 Å². The minimum Gasteiger partial charge on any atom is -0.387 e. The molecule has 0 saturated heterocycles. The Balaban J connectivity index is 1.90. The first kappa shape index (κ1) is 17.9. The number of aromatic nitrogens is 2. The number of nitrogens with zero attached hydrogens (tertiary/aromatic N) is 2. The summed E-state index contributed by atoms with van der Waals surface area (Å²) in [4.78, 5) is 8.28. The first-order valence-corrected chi connectivity index (χ1v) is 9.03. The molecule has 5 heteroatoms. The van der Waals surface area contributed by atoms with E-state index in [1.54, 1.807) is 19.5 Å². The minimum absolute atomic E-state index is 0.358. The lowest BCUT2D eigenvalue weighted by atomic mass is 9.69. The van der Waals surface area contributed by atoms with E-state index >= 15 is 0 Å². The zero-order valence-corrected chi connectivity index (χ0v) is 15.5. The molecule has 1 aliphatic rings. The fraction of sp³-hybridized carbons (Fsp3) is 0.400. The molecule has 2 unspecified atom stereocenters. The number of ether oxygens (including phenoxy) is 1. The smallest absolute Gasteiger partial charge is 0.129 e. The predicted molar refractivity (Wildman–Crippen MR) is 100 cm³/mol. The maximum atomic E-state index is 6.15. The van der Waals surface area contributed by atoms with Gasteiger partial charge in [0.05, 0.1) is 0 Å². The Hall–Kier alpha value is -1.91. The van der Waals surface area contributed by atoms with Crippen molar-refractivity contribution in [1.29, 1.82) is 0 Å². The Morgan fingerprint density at radius 2 is 2.28 bits per heavy atom. The van der Waals surface area contributed by atoms with Crippen LogP contribution in [0.3, 0.4) is 0 Å². The number of hydrogen-bond donors (Lipinski definition) is 1. The van der Waals surface area contributed by atoms with Crippen molar-refractivity contribution in [3.8, 4) is 0 Å². The molecule has 2 aromatic rings. The summed E-state index contributed by atoms with van der Waals surface area (Å²) in [5.74, 6) is 0.358. The second-order valence-electron chi connectivity index (χ2n) is 6.51. The van der Waals surface area contributed by atoms with Crippen LogP contribution in [-0.4, -0.2) is 17.1 Å². The quantitative estimate of drug-likeness (QED) is 0.802. The van der Waals surface area contributed by atoms with Gasteiger partial charge in [-0.2, -0.15) is 0 Å². The second kappa shape index (κ2) is 7.98. The Morgan fingerprint density at radius 1 is 1.40 bits per heavy atom. The van der Waals surface area contributed by atoms with E-state index in [0.717, 1.165) is 36.9 Å². The second-order valence-corrected chi connectivity index (χ2v) is 6.90. The van der Waals surface area contributed by atoms with Gasteiger partial charge in [0.2, 0.25) is 0 Å². The highest BCUT2D eigenvalue weighted by atomic mass is 35.5. The summed E-state index contributed by atoms with van der Waals surface area (Å²) < 4.78 is 6.14. The zero-order chi connectivity index (χ0) is 17.7. The average molecular weight is 358 g/mol. The van der Waals surface area contributed by atoms with Gasteiger partial charge in [0.1, 0.15) is 10.8 Å². The largest absolute Gasteiger partial charge is 0.387 e. The van der Waals surface area contributed by atoms with Crippen LogP contribution in [0.25, 0.3) is 0 Å². The van der Waals surface area contributed by atoms with Gasteiger partial charge < -0.3 is 10.1 Å². The normalized spacial score (nSPS) is 25.1. The summed E-state index contributed by atoms with van der Waals surface area (Å²) in [5.41, 5.74) is 3.00. The van der Waals surface area contributed by atoms with Gasteiger partial charge in [-0.15, -0.1) is 0 Å². The van der Waals surface area contributed by atoms with Crippen LogP contribution in [0.15, 0.2) is 54.6 Å². The SMILES string of the molecule is COC1(c2ccnc(Cl)c2)/C(=C/NCc2cccnc2)CCCC1C. The molecule has 1 N–H and O–H groups in total. The molecule has 0 aromatic carbocycles. The zero-order valence-electron chi connectivity index (χ0n) is 14.7. The Bertz CT molecular complexity index is 735. The van der Waals surface area contributed by atoms with Crippen molar-refractivity contribution in [2.24, 2.45) is 5.92 Å². The van der Waals surface area contributed by atoms with Crippen LogP contribution < -0.4 is 5.32 Å². The standard InChI is InChI=1S/C20H24ClN3O/c1-15-5-3-7-18(14-23-13-16-6-4-9-22-12-16)20(15,25-2)17-8-10-24-19(21)11-17/h4,6,8-12,14-15,23H,3,5,7,13H2,1-2H3/b18-14+. The van der Waals surface area contributed by atoms with Crippen molar-refractivity contribution in [2.75, 3.05) is 7.11 Å². The highest BCUT2D eigenvalue weighted by Crippen LogP contribution is 2.47. The van der Waals surface area contributed by atoms with Gasteiger partial charge in [0, 0.05) is 32.2 Å². The average Bonchev–Trinajstić information content (AvgIpc) is 2.63. The van der Waals surface area contributed by atoms with Gasteiger partial charge in [-0.1, -0.05) is 24.6 Å².